The quantitative estimate of drug-likeness (QED) is 0.673. The molecule has 0 N–H and O–H groups in total. The van der Waals surface area contributed by atoms with Crippen LogP contribution in [0, 0.1) is 11.8 Å². The predicted molar refractivity (Wildman–Crippen MR) is 52.6 cm³/mol. The molecule has 0 amide bonds. The summed E-state index contributed by atoms with van der Waals surface area (Å²) in [7, 11) is 0. The van der Waals surface area contributed by atoms with Gasteiger partial charge in [0.15, 0.2) is 5.78 Å². The van der Waals surface area contributed by atoms with Crippen LogP contribution in [-0.4, -0.2) is 18.0 Å². The largest absolute Gasteiger partial charge is 0.367 e. The van der Waals surface area contributed by atoms with Gasteiger partial charge in [0.1, 0.15) is 5.60 Å². The molecule has 13 heavy (non-hydrogen) atoms. The number of rotatable bonds is 3. The first-order valence-corrected chi connectivity index (χ1v) is 5.15. The summed E-state index contributed by atoms with van der Waals surface area (Å²) in [5, 5.41) is 0. The van der Waals surface area contributed by atoms with Gasteiger partial charge in [0.25, 0.3) is 0 Å². The molecule has 0 saturated carbocycles. The zero-order valence-corrected chi connectivity index (χ0v) is 9.09. The predicted octanol–water partition coefficient (Wildman–Crippen LogP) is 2.42. The van der Waals surface area contributed by atoms with Gasteiger partial charge in [-0.05, 0) is 26.2 Å². The molecule has 0 aromatic carbocycles. The van der Waals surface area contributed by atoms with Crippen LogP contribution in [-0.2, 0) is 9.53 Å². The zero-order valence-electron chi connectivity index (χ0n) is 9.09. The maximum atomic E-state index is 11.8. The molecule has 1 aliphatic heterocycles. The summed E-state index contributed by atoms with van der Waals surface area (Å²) in [5.74, 6) is 1.06. The second kappa shape index (κ2) is 3.79. The molecule has 1 fully saturated rings. The normalized spacial score (nSPS) is 29.2. The molecule has 0 spiro atoms. The van der Waals surface area contributed by atoms with Gasteiger partial charge in [-0.25, -0.2) is 0 Å². The third-order valence-corrected chi connectivity index (χ3v) is 2.99. The van der Waals surface area contributed by atoms with E-state index in [1.54, 1.807) is 0 Å². The van der Waals surface area contributed by atoms with E-state index in [9.17, 15) is 4.79 Å². The van der Waals surface area contributed by atoms with Gasteiger partial charge in [-0.2, -0.15) is 0 Å². The van der Waals surface area contributed by atoms with Crippen LogP contribution in [0.4, 0.5) is 0 Å². The molecule has 2 atom stereocenters. The Morgan fingerprint density at radius 3 is 2.62 bits per heavy atom. The first kappa shape index (κ1) is 10.7. The van der Waals surface area contributed by atoms with Crippen molar-refractivity contribution in [1.29, 1.82) is 0 Å². The van der Waals surface area contributed by atoms with E-state index < -0.39 is 5.60 Å². The van der Waals surface area contributed by atoms with Crippen LogP contribution in [0.15, 0.2) is 0 Å². The second-order valence-corrected chi connectivity index (χ2v) is 4.63. The van der Waals surface area contributed by atoms with Crippen molar-refractivity contribution in [2.75, 3.05) is 6.61 Å². The van der Waals surface area contributed by atoms with E-state index in [2.05, 4.69) is 13.8 Å². The van der Waals surface area contributed by atoms with Crippen molar-refractivity contribution in [3.05, 3.63) is 0 Å². The molecular formula is C11H20O2. The number of carbonyl (C=O) groups is 1. The van der Waals surface area contributed by atoms with Crippen LogP contribution in [0.5, 0.6) is 0 Å². The fraction of sp³-hybridized carbons (Fsp3) is 0.909. The van der Waals surface area contributed by atoms with Gasteiger partial charge in [-0.1, -0.05) is 20.3 Å². The lowest BCUT2D eigenvalue weighted by molar-refractivity contribution is -0.130. The van der Waals surface area contributed by atoms with Gasteiger partial charge < -0.3 is 4.74 Å². The van der Waals surface area contributed by atoms with Gasteiger partial charge in [0.2, 0.25) is 0 Å². The summed E-state index contributed by atoms with van der Waals surface area (Å²) in [6.07, 6.45) is 2.13. The van der Waals surface area contributed by atoms with Crippen molar-refractivity contribution >= 4 is 5.78 Å². The van der Waals surface area contributed by atoms with Crippen molar-refractivity contribution in [2.45, 2.75) is 46.1 Å². The summed E-state index contributed by atoms with van der Waals surface area (Å²) in [6, 6.07) is 0. The standard InChI is InChI=1S/C11H20O2/c1-5-8(2)6-9-7-13-11(3,4)10(9)12/h8-9H,5-7H2,1-4H3. The van der Waals surface area contributed by atoms with E-state index in [1.165, 1.54) is 0 Å². The lowest BCUT2D eigenvalue weighted by Gasteiger charge is -2.15. The van der Waals surface area contributed by atoms with E-state index in [0.29, 0.717) is 12.5 Å². The topological polar surface area (TPSA) is 26.3 Å². The first-order valence-electron chi connectivity index (χ1n) is 5.15. The Morgan fingerprint density at radius 1 is 1.62 bits per heavy atom. The summed E-state index contributed by atoms with van der Waals surface area (Å²) in [4.78, 5) is 11.8. The highest BCUT2D eigenvalue weighted by atomic mass is 16.5. The number of hydrogen-bond donors (Lipinski definition) is 0. The van der Waals surface area contributed by atoms with Gasteiger partial charge in [0, 0.05) is 5.92 Å². The van der Waals surface area contributed by atoms with Crippen LogP contribution < -0.4 is 0 Å². The monoisotopic (exact) mass is 184 g/mol. The molecule has 2 heteroatoms. The van der Waals surface area contributed by atoms with Crippen molar-refractivity contribution in [1.82, 2.24) is 0 Å². The molecule has 1 heterocycles. The van der Waals surface area contributed by atoms with E-state index >= 15 is 0 Å². The minimum Gasteiger partial charge on any atom is -0.367 e. The fourth-order valence-corrected chi connectivity index (χ4v) is 1.77. The highest BCUT2D eigenvalue weighted by molar-refractivity contribution is 5.90. The first-order chi connectivity index (χ1) is 5.97. The van der Waals surface area contributed by atoms with Gasteiger partial charge in [0.05, 0.1) is 6.61 Å². The second-order valence-electron chi connectivity index (χ2n) is 4.63. The summed E-state index contributed by atoms with van der Waals surface area (Å²) in [5.41, 5.74) is -0.530. The SMILES string of the molecule is CCC(C)CC1COC(C)(C)C1=O. The fourth-order valence-electron chi connectivity index (χ4n) is 1.77. The Labute approximate surface area is 80.7 Å². The smallest absolute Gasteiger partial charge is 0.169 e. The van der Waals surface area contributed by atoms with E-state index in [1.807, 2.05) is 13.8 Å². The van der Waals surface area contributed by atoms with Crippen LogP contribution >= 0.6 is 0 Å². The highest BCUT2D eigenvalue weighted by Crippen LogP contribution is 2.30. The lowest BCUT2D eigenvalue weighted by atomic mass is 9.88. The molecule has 0 aromatic heterocycles. The summed E-state index contributed by atoms with van der Waals surface area (Å²) >= 11 is 0. The third-order valence-electron chi connectivity index (χ3n) is 2.99. The molecule has 0 aromatic rings. The molecule has 1 saturated heterocycles. The molecular weight excluding hydrogens is 164 g/mol. The Hall–Kier alpha value is -0.370. The molecule has 1 aliphatic rings. The summed E-state index contributed by atoms with van der Waals surface area (Å²) < 4.78 is 5.46. The van der Waals surface area contributed by atoms with Crippen LogP contribution in [0.1, 0.15) is 40.5 Å². The number of ether oxygens (including phenoxy) is 1. The minimum atomic E-state index is -0.530. The number of ketones is 1. The van der Waals surface area contributed by atoms with Crippen LogP contribution in [0.25, 0.3) is 0 Å². The van der Waals surface area contributed by atoms with Gasteiger partial charge in [-0.15, -0.1) is 0 Å². The van der Waals surface area contributed by atoms with Crippen molar-refractivity contribution < 1.29 is 9.53 Å². The van der Waals surface area contributed by atoms with E-state index in [4.69, 9.17) is 4.74 Å². The Morgan fingerprint density at radius 2 is 2.23 bits per heavy atom. The molecule has 76 valence electrons. The van der Waals surface area contributed by atoms with E-state index in [-0.39, 0.29) is 11.7 Å². The Balaban J connectivity index is 2.51. The van der Waals surface area contributed by atoms with E-state index in [0.717, 1.165) is 12.8 Å². The molecule has 2 nitrogen and oxygen atoms in total. The van der Waals surface area contributed by atoms with Crippen molar-refractivity contribution in [2.24, 2.45) is 11.8 Å². The van der Waals surface area contributed by atoms with Gasteiger partial charge in [-0.3, -0.25) is 4.79 Å². The molecule has 0 bridgehead atoms. The molecule has 1 rings (SSSR count). The Bertz CT molecular complexity index is 196. The van der Waals surface area contributed by atoms with Crippen LogP contribution in [0.2, 0.25) is 0 Å². The average molecular weight is 184 g/mol. The number of carbonyl (C=O) groups excluding carboxylic acids is 1. The average Bonchev–Trinajstić information content (AvgIpc) is 2.32. The zero-order chi connectivity index (χ0) is 10.1. The molecule has 0 radical (unpaired) electrons. The maximum Gasteiger partial charge on any atom is 0.169 e. The minimum absolute atomic E-state index is 0.143. The highest BCUT2D eigenvalue weighted by Gasteiger charge is 2.41. The van der Waals surface area contributed by atoms with Crippen molar-refractivity contribution in [3.8, 4) is 0 Å². The maximum absolute atomic E-state index is 11.8. The number of hydrogen-bond acceptors (Lipinski definition) is 2. The van der Waals surface area contributed by atoms with Crippen molar-refractivity contribution in [3.63, 3.8) is 0 Å². The van der Waals surface area contributed by atoms with Crippen LogP contribution in [0.3, 0.4) is 0 Å². The number of Topliss-reactive ketones (excluding diaryl/α,β-unsaturated/α-hetero) is 1. The molecule has 0 aliphatic carbocycles. The Kier molecular flexibility index (Phi) is 3.12. The third kappa shape index (κ3) is 2.31. The van der Waals surface area contributed by atoms with Gasteiger partial charge >= 0.3 is 0 Å². The summed E-state index contributed by atoms with van der Waals surface area (Å²) in [6.45, 7) is 8.71. The lowest BCUT2D eigenvalue weighted by Crippen LogP contribution is -2.30. The molecule has 2 unspecified atom stereocenters.